The van der Waals surface area contributed by atoms with E-state index in [1.165, 1.54) is 11.8 Å². The van der Waals surface area contributed by atoms with Crippen LogP contribution in [-0.2, 0) is 16.1 Å². The number of methoxy groups -OCH3 is 1. The van der Waals surface area contributed by atoms with Gasteiger partial charge in [-0.2, -0.15) is 0 Å². The van der Waals surface area contributed by atoms with Crippen LogP contribution in [0.15, 0.2) is 29.4 Å². The van der Waals surface area contributed by atoms with Crippen molar-refractivity contribution in [1.29, 1.82) is 0 Å². The Morgan fingerprint density at radius 1 is 1.43 bits per heavy atom. The van der Waals surface area contributed by atoms with Gasteiger partial charge in [-0.15, -0.1) is 0 Å². The van der Waals surface area contributed by atoms with Crippen molar-refractivity contribution in [2.24, 2.45) is 5.73 Å². The summed E-state index contributed by atoms with van der Waals surface area (Å²) >= 11 is 1.25. The molecule has 1 aromatic carbocycles. The third kappa shape index (κ3) is 3.96. The summed E-state index contributed by atoms with van der Waals surface area (Å²) < 4.78 is 7.09. The van der Waals surface area contributed by atoms with Gasteiger partial charge in [-0.1, -0.05) is 23.9 Å². The summed E-state index contributed by atoms with van der Waals surface area (Å²) in [6, 6.07) is 6.86. The largest absolute Gasteiger partial charge is 0.383 e. The number of amides is 3. The summed E-state index contributed by atoms with van der Waals surface area (Å²) in [6.07, 6.45) is 0. The van der Waals surface area contributed by atoms with Crippen LogP contribution in [0.1, 0.15) is 0 Å². The van der Waals surface area contributed by atoms with Crippen molar-refractivity contribution < 1.29 is 14.3 Å². The number of nitrogens with one attached hydrogen (secondary N) is 1. The first-order chi connectivity index (χ1) is 10.1. The molecule has 7 nitrogen and oxygen atoms in total. The maximum Gasteiger partial charge on any atom is 0.318 e. The highest BCUT2D eigenvalue weighted by Crippen LogP contribution is 2.23. The number of benzene rings is 1. The van der Waals surface area contributed by atoms with E-state index in [4.69, 9.17) is 10.5 Å². The maximum absolute atomic E-state index is 11.5. The van der Waals surface area contributed by atoms with Gasteiger partial charge in [0.1, 0.15) is 0 Å². The zero-order chi connectivity index (χ0) is 15.2. The van der Waals surface area contributed by atoms with Gasteiger partial charge in [0.15, 0.2) is 5.16 Å². The van der Waals surface area contributed by atoms with Gasteiger partial charge in [0.25, 0.3) is 0 Å². The van der Waals surface area contributed by atoms with Gasteiger partial charge in [0, 0.05) is 13.7 Å². The van der Waals surface area contributed by atoms with Crippen molar-refractivity contribution in [1.82, 2.24) is 14.9 Å². The Labute approximate surface area is 125 Å². The second-order valence-corrected chi connectivity index (χ2v) is 5.17. The third-order valence-corrected chi connectivity index (χ3v) is 3.71. The van der Waals surface area contributed by atoms with Gasteiger partial charge in [0.2, 0.25) is 5.91 Å². The molecule has 0 aliphatic rings. The molecule has 2 aromatic rings. The highest BCUT2D eigenvalue weighted by Gasteiger charge is 2.13. The lowest BCUT2D eigenvalue weighted by Crippen LogP contribution is -2.36. The number of hydrogen-bond acceptors (Lipinski definition) is 5. The van der Waals surface area contributed by atoms with Crippen molar-refractivity contribution in [2.45, 2.75) is 11.7 Å². The first-order valence-electron chi connectivity index (χ1n) is 6.28. The molecule has 21 heavy (non-hydrogen) atoms. The van der Waals surface area contributed by atoms with Crippen molar-refractivity contribution >= 4 is 34.7 Å². The molecule has 1 aromatic heterocycles. The van der Waals surface area contributed by atoms with E-state index in [0.717, 1.165) is 11.0 Å². The van der Waals surface area contributed by atoms with Gasteiger partial charge in [-0.25, -0.2) is 9.78 Å². The predicted octanol–water partition coefficient (Wildman–Crippen LogP) is 0.970. The molecule has 0 saturated carbocycles. The van der Waals surface area contributed by atoms with Crippen LogP contribution in [0.4, 0.5) is 4.79 Å². The predicted molar refractivity (Wildman–Crippen MR) is 80.1 cm³/mol. The number of imide groups is 1. The van der Waals surface area contributed by atoms with Crippen LogP contribution in [0.25, 0.3) is 11.0 Å². The van der Waals surface area contributed by atoms with Crippen molar-refractivity contribution in [3.8, 4) is 0 Å². The van der Waals surface area contributed by atoms with Gasteiger partial charge in [-0.3, -0.25) is 10.1 Å². The van der Waals surface area contributed by atoms with E-state index < -0.39 is 11.9 Å². The average molecular weight is 308 g/mol. The van der Waals surface area contributed by atoms with E-state index in [1.54, 1.807) is 7.11 Å². The van der Waals surface area contributed by atoms with E-state index in [0.29, 0.717) is 18.3 Å². The lowest BCUT2D eigenvalue weighted by Gasteiger charge is -2.07. The molecule has 8 heteroatoms. The fraction of sp³-hybridized carbons (Fsp3) is 0.308. The summed E-state index contributed by atoms with van der Waals surface area (Å²) in [5.41, 5.74) is 6.73. The molecule has 0 saturated heterocycles. The summed E-state index contributed by atoms with van der Waals surface area (Å²) in [5, 5.41) is 2.73. The summed E-state index contributed by atoms with van der Waals surface area (Å²) in [5.74, 6) is -0.378. The number of nitrogens with zero attached hydrogens (tertiary/aromatic N) is 2. The molecule has 0 bridgehead atoms. The number of aromatic nitrogens is 2. The Morgan fingerprint density at radius 2 is 2.19 bits per heavy atom. The SMILES string of the molecule is COCCn1c(SCC(=O)NC(N)=O)nc2ccccc21. The molecular weight excluding hydrogens is 292 g/mol. The van der Waals surface area contributed by atoms with E-state index in [-0.39, 0.29) is 5.75 Å². The monoisotopic (exact) mass is 308 g/mol. The summed E-state index contributed by atoms with van der Waals surface area (Å²) in [6.45, 7) is 1.18. The van der Waals surface area contributed by atoms with E-state index in [1.807, 2.05) is 34.1 Å². The highest BCUT2D eigenvalue weighted by atomic mass is 32.2. The highest BCUT2D eigenvalue weighted by molar-refractivity contribution is 7.99. The van der Waals surface area contributed by atoms with Crippen LogP contribution in [0, 0.1) is 0 Å². The molecule has 0 unspecified atom stereocenters. The zero-order valence-corrected chi connectivity index (χ0v) is 12.4. The summed E-state index contributed by atoms with van der Waals surface area (Å²) in [7, 11) is 1.63. The lowest BCUT2D eigenvalue weighted by atomic mass is 10.3. The molecule has 0 fully saturated rings. The standard InChI is InChI=1S/C13H16N4O3S/c1-20-7-6-17-10-5-3-2-4-9(10)15-13(17)21-8-11(18)16-12(14)19/h2-5H,6-8H2,1H3,(H3,14,16,18,19). The number of rotatable bonds is 6. The number of primary amides is 1. The fourth-order valence-electron chi connectivity index (χ4n) is 1.87. The van der Waals surface area contributed by atoms with Gasteiger partial charge in [0.05, 0.1) is 23.4 Å². The Bertz CT molecular complexity index is 656. The molecule has 0 spiro atoms. The minimum Gasteiger partial charge on any atom is -0.383 e. The molecular formula is C13H16N4O3S. The van der Waals surface area contributed by atoms with E-state index >= 15 is 0 Å². The molecule has 0 atom stereocenters. The average Bonchev–Trinajstić information content (AvgIpc) is 2.80. The van der Waals surface area contributed by atoms with E-state index in [9.17, 15) is 9.59 Å². The zero-order valence-electron chi connectivity index (χ0n) is 11.5. The third-order valence-electron chi connectivity index (χ3n) is 2.73. The molecule has 3 amide bonds. The first kappa shape index (κ1) is 15.3. The van der Waals surface area contributed by atoms with Gasteiger partial charge in [-0.05, 0) is 12.1 Å². The number of para-hydroxylation sites is 2. The van der Waals surface area contributed by atoms with Crippen LogP contribution in [0.2, 0.25) is 0 Å². The molecule has 0 aliphatic heterocycles. The number of carbonyl (C=O) groups is 2. The number of imidazole rings is 1. The molecule has 0 aliphatic carbocycles. The molecule has 112 valence electrons. The number of thioether (sulfide) groups is 1. The number of nitrogens with two attached hydrogens (primary N) is 1. The quantitative estimate of drug-likeness (QED) is 0.775. The van der Waals surface area contributed by atoms with Gasteiger partial charge >= 0.3 is 6.03 Å². The smallest absolute Gasteiger partial charge is 0.318 e. The minimum absolute atomic E-state index is 0.0687. The number of hydrogen-bond donors (Lipinski definition) is 2. The second kappa shape index (κ2) is 7.09. The second-order valence-electron chi connectivity index (χ2n) is 4.23. The van der Waals surface area contributed by atoms with Gasteiger partial charge < -0.3 is 15.0 Å². The van der Waals surface area contributed by atoms with Crippen LogP contribution < -0.4 is 11.1 Å². The molecule has 0 radical (unpaired) electrons. The normalized spacial score (nSPS) is 10.7. The van der Waals surface area contributed by atoms with Crippen LogP contribution in [-0.4, -0.2) is 41.0 Å². The lowest BCUT2D eigenvalue weighted by molar-refractivity contribution is -0.117. The number of urea groups is 1. The van der Waals surface area contributed by atoms with Crippen LogP contribution >= 0.6 is 11.8 Å². The Balaban J connectivity index is 2.17. The minimum atomic E-state index is -0.853. The van der Waals surface area contributed by atoms with Crippen molar-refractivity contribution in [3.05, 3.63) is 24.3 Å². The number of fused-ring (bicyclic) bond motifs is 1. The molecule has 3 N–H and O–H groups in total. The number of carbonyl (C=O) groups excluding carboxylic acids is 2. The Kier molecular flexibility index (Phi) is 5.18. The first-order valence-corrected chi connectivity index (χ1v) is 7.26. The Hall–Kier alpha value is -2.06. The topological polar surface area (TPSA) is 99.2 Å². The van der Waals surface area contributed by atoms with Crippen LogP contribution in [0.3, 0.4) is 0 Å². The van der Waals surface area contributed by atoms with Crippen LogP contribution in [0.5, 0.6) is 0 Å². The Morgan fingerprint density at radius 3 is 2.90 bits per heavy atom. The van der Waals surface area contributed by atoms with E-state index in [2.05, 4.69) is 4.98 Å². The number of ether oxygens (including phenoxy) is 1. The molecule has 1 heterocycles. The van der Waals surface area contributed by atoms with Crippen molar-refractivity contribution in [2.75, 3.05) is 19.5 Å². The maximum atomic E-state index is 11.5. The van der Waals surface area contributed by atoms with Crippen molar-refractivity contribution in [3.63, 3.8) is 0 Å². The fourth-order valence-corrected chi connectivity index (χ4v) is 2.71. The summed E-state index contributed by atoms with van der Waals surface area (Å²) in [4.78, 5) is 26.6. The molecule has 2 rings (SSSR count).